The van der Waals surface area contributed by atoms with Gasteiger partial charge in [0.2, 0.25) is 11.8 Å². The third kappa shape index (κ3) is 6.28. The van der Waals surface area contributed by atoms with Crippen LogP contribution in [0, 0.1) is 6.92 Å². The maximum absolute atomic E-state index is 13.5. The highest BCUT2D eigenvalue weighted by atomic mass is 79.9. The number of nitrogens with one attached hydrogen (secondary N) is 1. The highest BCUT2D eigenvalue weighted by Crippen LogP contribution is 2.19. The molecule has 31 heavy (non-hydrogen) atoms. The summed E-state index contributed by atoms with van der Waals surface area (Å²) in [6.07, 6.45) is 0.710. The molecule has 0 aromatic heterocycles. The van der Waals surface area contributed by atoms with Crippen molar-refractivity contribution >= 4 is 27.7 Å². The van der Waals surface area contributed by atoms with Gasteiger partial charge in [0.1, 0.15) is 6.04 Å². The van der Waals surface area contributed by atoms with Crippen molar-refractivity contribution in [1.29, 1.82) is 0 Å². The van der Waals surface area contributed by atoms with Crippen LogP contribution in [-0.4, -0.2) is 29.8 Å². The SMILES string of the molecule is CNC(=O)[C@H](Cc1ccccc1)N(Cc1ccc(Br)cc1)C(=O)Cc1ccccc1C. The minimum absolute atomic E-state index is 0.0678. The molecule has 0 spiro atoms. The van der Waals surface area contributed by atoms with Gasteiger partial charge in [-0.25, -0.2) is 0 Å². The maximum atomic E-state index is 13.5. The van der Waals surface area contributed by atoms with Gasteiger partial charge >= 0.3 is 0 Å². The van der Waals surface area contributed by atoms with Gasteiger partial charge in [-0.05, 0) is 41.3 Å². The first-order valence-electron chi connectivity index (χ1n) is 10.3. The largest absolute Gasteiger partial charge is 0.357 e. The smallest absolute Gasteiger partial charge is 0.242 e. The molecule has 3 rings (SSSR count). The Morgan fingerprint density at radius 3 is 2.19 bits per heavy atom. The summed E-state index contributed by atoms with van der Waals surface area (Å²) >= 11 is 3.46. The lowest BCUT2D eigenvalue weighted by Gasteiger charge is -2.31. The second kappa shape index (κ2) is 10.9. The second-order valence-corrected chi connectivity index (χ2v) is 8.49. The van der Waals surface area contributed by atoms with Crippen molar-refractivity contribution in [3.8, 4) is 0 Å². The van der Waals surface area contributed by atoms with Gasteiger partial charge in [0.15, 0.2) is 0 Å². The average Bonchev–Trinajstić information content (AvgIpc) is 2.79. The van der Waals surface area contributed by atoms with Crippen LogP contribution in [0.5, 0.6) is 0 Å². The van der Waals surface area contributed by atoms with Crippen molar-refractivity contribution in [3.63, 3.8) is 0 Å². The molecule has 160 valence electrons. The van der Waals surface area contributed by atoms with Crippen LogP contribution in [0.1, 0.15) is 22.3 Å². The Kier molecular flexibility index (Phi) is 8.01. The number of rotatable bonds is 8. The fourth-order valence-electron chi connectivity index (χ4n) is 3.58. The number of halogens is 1. The van der Waals surface area contributed by atoms with E-state index < -0.39 is 6.04 Å². The number of hydrogen-bond donors (Lipinski definition) is 1. The summed E-state index contributed by atoms with van der Waals surface area (Å²) < 4.78 is 0.973. The van der Waals surface area contributed by atoms with Gasteiger partial charge in [-0.1, -0.05) is 82.7 Å². The van der Waals surface area contributed by atoms with E-state index in [4.69, 9.17) is 0 Å². The fourth-order valence-corrected chi connectivity index (χ4v) is 3.84. The van der Waals surface area contributed by atoms with Gasteiger partial charge in [0.25, 0.3) is 0 Å². The summed E-state index contributed by atoms with van der Waals surface area (Å²) in [5.41, 5.74) is 4.03. The zero-order valence-corrected chi connectivity index (χ0v) is 19.4. The molecule has 0 saturated heterocycles. The third-order valence-corrected chi connectivity index (χ3v) is 5.92. The van der Waals surface area contributed by atoms with Crippen molar-refractivity contribution in [3.05, 3.63) is 106 Å². The number of carbonyl (C=O) groups is 2. The molecular weight excluding hydrogens is 452 g/mol. The standard InChI is InChI=1S/C26H27BrN2O2/c1-19-8-6-7-11-22(19)17-25(30)29(18-21-12-14-23(27)15-13-21)24(26(31)28-2)16-20-9-4-3-5-10-20/h3-15,24H,16-18H2,1-2H3,(H,28,31)/t24-/m0/s1. The molecule has 1 N–H and O–H groups in total. The number of amides is 2. The molecular formula is C26H27BrN2O2. The zero-order valence-electron chi connectivity index (χ0n) is 17.8. The molecule has 0 aliphatic carbocycles. The van der Waals surface area contributed by atoms with Crippen LogP contribution in [0.25, 0.3) is 0 Å². The highest BCUT2D eigenvalue weighted by Gasteiger charge is 2.30. The van der Waals surface area contributed by atoms with E-state index in [1.54, 1.807) is 11.9 Å². The predicted molar refractivity (Wildman–Crippen MR) is 128 cm³/mol. The van der Waals surface area contributed by atoms with Gasteiger partial charge in [-0.3, -0.25) is 9.59 Å². The summed E-state index contributed by atoms with van der Waals surface area (Å²) in [4.78, 5) is 28.1. The van der Waals surface area contributed by atoms with Crippen molar-refractivity contribution < 1.29 is 9.59 Å². The number of carbonyl (C=O) groups excluding carboxylic acids is 2. The predicted octanol–water partition coefficient (Wildman–Crippen LogP) is 4.69. The van der Waals surface area contributed by atoms with Crippen molar-refractivity contribution in [1.82, 2.24) is 10.2 Å². The first-order chi connectivity index (χ1) is 15.0. The Bertz CT molecular complexity index is 1020. The molecule has 2 amide bonds. The molecule has 3 aromatic carbocycles. The summed E-state index contributed by atoms with van der Waals surface area (Å²) in [6, 6.07) is 24.9. The van der Waals surface area contributed by atoms with E-state index in [0.717, 1.165) is 26.7 Å². The lowest BCUT2D eigenvalue weighted by molar-refractivity contribution is -0.140. The first-order valence-corrected chi connectivity index (χ1v) is 11.1. The Morgan fingerprint density at radius 1 is 0.903 bits per heavy atom. The van der Waals surface area contributed by atoms with Gasteiger partial charge in [0, 0.05) is 24.5 Å². The van der Waals surface area contributed by atoms with Crippen LogP contribution in [0.15, 0.2) is 83.3 Å². The summed E-state index contributed by atoms with van der Waals surface area (Å²) in [7, 11) is 1.62. The normalized spacial score (nSPS) is 11.6. The maximum Gasteiger partial charge on any atom is 0.242 e. The van der Waals surface area contributed by atoms with E-state index in [-0.39, 0.29) is 18.2 Å². The van der Waals surface area contributed by atoms with Crippen LogP contribution in [-0.2, 0) is 29.0 Å². The van der Waals surface area contributed by atoms with E-state index >= 15 is 0 Å². The monoisotopic (exact) mass is 478 g/mol. The van der Waals surface area contributed by atoms with Crippen molar-refractivity contribution in [2.24, 2.45) is 0 Å². The molecule has 0 radical (unpaired) electrons. The van der Waals surface area contributed by atoms with Crippen molar-refractivity contribution in [2.45, 2.75) is 32.4 Å². The number of nitrogens with zero attached hydrogens (tertiary/aromatic N) is 1. The zero-order chi connectivity index (χ0) is 22.2. The Hall–Kier alpha value is -2.92. The summed E-state index contributed by atoms with van der Waals surface area (Å²) in [5.74, 6) is -0.235. The Labute approximate surface area is 192 Å². The van der Waals surface area contributed by atoms with Crippen LogP contribution < -0.4 is 5.32 Å². The van der Waals surface area contributed by atoms with E-state index in [2.05, 4.69) is 21.2 Å². The molecule has 0 aliphatic heterocycles. The van der Waals surface area contributed by atoms with E-state index in [1.165, 1.54) is 0 Å². The molecule has 0 heterocycles. The quantitative estimate of drug-likeness (QED) is 0.510. The van der Waals surface area contributed by atoms with E-state index in [1.807, 2.05) is 85.8 Å². The van der Waals surface area contributed by atoms with E-state index in [0.29, 0.717) is 13.0 Å². The third-order valence-electron chi connectivity index (χ3n) is 5.39. The highest BCUT2D eigenvalue weighted by molar-refractivity contribution is 9.10. The average molecular weight is 479 g/mol. The van der Waals surface area contributed by atoms with Crippen LogP contribution in [0.4, 0.5) is 0 Å². The number of likely N-dealkylation sites (N-methyl/N-ethyl adjacent to an activating group) is 1. The number of aryl methyl sites for hydroxylation is 1. The molecule has 0 unspecified atom stereocenters. The number of hydrogen-bond acceptors (Lipinski definition) is 2. The molecule has 4 nitrogen and oxygen atoms in total. The molecule has 1 atom stereocenters. The number of benzene rings is 3. The van der Waals surface area contributed by atoms with Gasteiger partial charge < -0.3 is 10.2 Å². The second-order valence-electron chi connectivity index (χ2n) is 7.57. The van der Waals surface area contributed by atoms with Gasteiger partial charge in [-0.2, -0.15) is 0 Å². The lowest BCUT2D eigenvalue weighted by Crippen LogP contribution is -2.50. The Balaban J connectivity index is 1.94. The van der Waals surface area contributed by atoms with Crippen LogP contribution in [0.2, 0.25) is 0 Å². The molecule has 0 fully saturated rings. The molecule has 5 heteroatoms. The minimum atomic E-state index is -0.604. The molecule has 0 saturated carbocycles. The fraction of sp³-hybridized carbons (Fsp3) is 0.231. The summed E-state index contributed by atoms with van der Waals surface area (Å²) in [5, 5.41) is 2.75. The van der Waals surface area contributed by atoms with Crippen LogP contribution >= 0.6 is 15.9 Å². The lowest BCUT2D eigenvalue weighted by atomic mass is 10.0. The topological polar surface area (TPSA) is 49.4 Å². The van der Waals surface area contributed by atoms with Gasteiger partial charge in [0.05, 0.1) is 6.42 Å². The van der Waals surface area contributed by atoms with Crippen molar-refractivity contribution in [2.75, 3.05) is 7.05 Å². The minimum Gasteiger partial charge on any atom is -0.357 e. The van der Waals surface area contributed by atoms with Crippen LogP contribution in [0.3, 0.4) is 0 Å². The molecule has 0 aliphatic rings. The molecule has 0 bridgehead atoms. The van der Waals surface area contributed by atoms with E-state index in [9.17, 15) is 9.59 Å². The Morgan fingerprint density at radius 2 is 1.55 bits per heavy atom. The first kappa shape index (κ1) is 22.8. The van der Waals surface area contributed by atoms with Gasteiger partial charge in [-0.15, -0.1) is 0 Å². The molecule has 3 aromatic rings. The summed E-state index contributed by atoms with van der Waals surface area (Å²) in [6.45, 7) is 2.37.